The maximum absolute atomic E-state index is 2.48. The average molecular weight is 188 g/mol. The minimum Gasteiger partial charge on any atom is -0.0806 e. The molecule has 5 unspecified atom stereocenters. The third kappa shape index (κ3) is 1.12. The molecule has 0 aromatic rings. The highest BCUT2D eigenvalue weighted by molar-refractivity contribution is 5.20. The lowest BCUT2D eigenvalue weighted by Gasteiger charge is -2.29. The minimum atomic E-state index is 0.869. The van der Waals surface area contributed by atoms with Crippen molar-refractivity contribution in [2.24, 2.45) is 29.6 Å². The first kappa shape index (κ1) is 8.76. The molecular formula is C14H20. The third-order valence-electron chi connectivity index (χ3n) is 4.87. The van der Waals surface area contributed by atoms with Gasteiger partial charge in [-0.3, -0.25) is 0 Å². The number of rotatable bonds is 0. The zero-order valence-corrected chi connectivity index (χ0v) is 9.02. The smallest absolute Gasteiger partial charge is 0.0134 e. The molecule has 3 aliphatic carbocycles. The average Bonchev–Trinajstić information content (AvgIpc) is 2.55. The van der Waals surface area contributed by atoms with Crippen LogP contribution < -0.4 is 0 Å². The van der Waals surface area contributed by atoms with E-state index >= 15 is 0 Å². The number of fused-ring (bicyclic) bond motifs is 3. The number of allylic oxidation sites excluding steroid dienone is 4. The highest BCUT2D eigenvalue weighted by Crippen LogP contribution is 2.54. The Balaban J connectivity index is 1.91. The van der Waals surface area contributed by atoms with Gasteiger partial charge in [0.25, 0.3) is 0 Å². The standard InChI is InChI=1S/C14H20/c1-10-11-6-2-4-8-13(11)14-9-5-3-7-12(10)14/h2,4,6,8,10-14H,3,5,7,9H2,1H3. The van der Waals surface area contributed by atoms with E-state index in [0.29, 0.717) is 0 Å². The predicted molar refractivity (Wildman–Crippen MR) is 59.9 cm³/mol. The first-order chi connectivity index (χ1) is 6.88. The molecule has 0 saturated heterocycles. The first-order valence-electron chi connectivity index (χ1n) is 6.23. The summed E-state index contributed by atoms with van der Waals surface area (Å²) in [5.74, 6) is 4.75. The fraction of sp³-hybridized carbons (Fsp3) is 0.714. The first-order valence-corrected chi connectivity index (χ1v) is 6.23. The Kier molecular flexibility index (Phi) is 2.04. The molecular weight excluding hydrogens is 168 g/mol. The quantitative estimate of drug-likeness (QED) is 0.542. The van der Waals surface area contributed by atoms with E-state index in [9.17, 15) is 0 Å². The molecule has 2 fully saturated rings. The van der Waals surface area contributed by atoms with Crippen molar-refractivity contribution in [2.75, 3.05) is 0 Å². The second-order valence-electron chi connectivity index (χ2n) is 5.40. The third-order valence-corrected chi connectivity index (χ3v) is 4.87. The van der Waals surface area contributed by atoms with Crippen LogP contribution in [0.3, 0.4) is 0 Å². The van der Waals surface area contributed by atoms with Gasteiger partial charge in [0.2, 0.25) is 0 Å². The Hall–Kier alpha value is -0.520. The zero-order chi connectivity index (χ0) is 9.54. The summed E-state index contributed by atoms with van der Waals surface area (Å²) in [5, 5.41) is 0. The van der Waals surface area contributed by atoms with E-state index in [4.69, 9.17) is 0 Å². The second kappa shape index (κ2) is 3.25. The monoisotopic (exact) mass is 188 g/mol. The van der Waals surface area contributed by atoms with Crippen LogP contribution in [0.2, 0.25) is 0 Å². The summed E-state index contributed by atoms with van der Waals surface area (Å²) in [7, 11) is 0. The molecule has 0 bridgehead atoms. The van der Waals surface area contributed by atoms with Gasteiger partial charge in [0.05, 0.1) is 0 Å². The SMILES string of the molecule is CC1C2C=CC=CC2C2CCCCC12. The van der Waals surface area contributed by atoms with Gasteiger partial charge in [0.1, 0.15) is 0 Å². The molecule has 0 amide bonds. The fourth-order valence-corrected chi connectivity index (χ4v) is 4.20. The van der Waals surface area contributed by atoms with Crippen molar-refractivity contribution in [1.29, 1.82) is 0 Å². The maximum atomic E-state index is 2.48. The molecule has 0 N–H and O–H groups in total. The minimum absolute atomic E-state index is 0.869. The fourth-order valence-electron chi connectivity index (χ4n) is 4.20. The lowest BCUT2D eigenvalue weighted by molar-refractivity contribution is 0.221. The van der Waals surface area contributed by atoms with Gasteiger partial charge in [-0.05, 0) is 42.4 Å². The zero-order valence-electron chi connectivity index (χ0n) is 9.02. The molecule has 14 heavy (non-hydrogen) atoms. The van der Waals surface area contributed by atoms with E-state index in [0.717, 1.165) is 29.6 Å². The summed E-state index contributed by atoms with van der Waals surface area (Å²) in [6.07, 6.45) is 15.4. The Labute approximate surface area is 87.1 Å². The Bertz CT molecular complexity index is 274. The summed E-state index contributed by atoms with van der Waals surface area (Å²) in [4.78, 5) is 0. The molecule has 0 aliphatic heterocycles. The summed E-state index contributed by atoms with van der Waals surface area (Å²) in [6.45, 7) is 2.48. The Morgan fingerprint density at radius 1 is 0.857 bits per heavy atom. The summed E-state index contributed by atoms with van der Waals surface area (Å²) in [6, 6.07) is 0. The Morgan fingerprint density at radius 3 is 2.29 bits per heavy atom. The van der Waals surface area contributed by atoms with Crippen LogP contribution in [0.5, 0.6) is 0 Å². The van der Waals surface area contributed by atoms with Crippen molar-refractivity contribution in [3.8, 4) is 0 Å². The van der Waals surface area contributed by atoms with Gasteiger partial charge in [0, 0.05) is 0 Å². The maximum Gasteiger partial charge on any atom is -0.0134 e. The van der Waals surface area contributed by atoms with Crippen molar-refractivity contribution in [3.05, 3.63) is 24.3 Å². The highest BCUT2D eigenvalue weighted by atomic mass is 14.5. The van der Waals surface area contributed by atoms with Crippen molar-refractivity contribution in [1.82, 2.24) is 0 Å². The predicted octanol–water partition coefficient (Wildman–Crippen LogP) is 3.80. The number of hydrogen-bond donors (Lipinski definition) is 0. The molecule has 0 aromatic carbocycles. The topological polar surface area (TPSA) is 0 Å². The van der Waals surface area contributed by atoms with Crippen LogP contribution in [0.15, 0.2) is 24.3 Å². The van der Waals surface area contributed by atoms with E-state index in [2.05, 4.69) is 31.2 Å². The lowest BCUT2D eigenvalue weighted by Crippen LogP contribution is -2.20. The molecule has 3 rings (SSSR count). The van der Waals surface area contributed by atoms with E-state index in [1.165, 1.54) is 25.7 Å². The summed E-state index contributed by atoms with van der Waals surface area (Å²) >= 11 is 0. The van der Waals surface area contributed by atoms with Crippen molar-refractivity contribution < 1.29 is 0 Å². The molecule has 76 valence electrons. The van der Waals surface area contributed by atoms with Gasteiger partial charge in [-0.25, -0.2) is 0 Å². The summed E-state index contributed by atoms with van der Waals surface area (Å²) < 4.78 is 0. The van der Waals surface area contributed by atoms with E-state index in [1.54, 1.807) is 0 Å². The van der Waals surface area contributed by atoms with Crippen LogP contribution in [-0.4, -0.2) is 0 Å². The Morgan fingerprint density at radius 2 is 1.50 bits per heavy atom. The van der Waals surface area contributed by atoms with E-state index in [-0.39, 0.29) is 0 Å². The molecule has 0 aromatic heterocycles. The summed E-state index contributed by atoms with van der Waals surface area (Å²) in [5.41, 5.74) is 0. The molecule has 0 heterocycles. The molecule has 3 aliphatic rings. The van der Waals surface area contributed by atoms with Crippen LogP contribution >= 0.6 is 0 Å². The van der Waals surface area contributed by atoms with Gasteiger partial charge in [-0.15, -0.1) is 0 Å². The van der Waals surface area contributed by atoms with Crippen molar-refractivity contribution >= 4 is 0 Å². The van der Waals surface area contributed by atoms with Gasteiger partial charge in [0.15, 0.2) is 0 Å². The molecule has 5 atom stereocenters. The van der Waals surface area contributed by atoms with Gasteiger partial charge in [-0.2, -0.15) is 0 Å². The molecule has 0 heteroatoms. The van der Waals surface area contributed by atoms with Crippen molar-refractivity contribution in [3.63, 3.8) is 0 Å². The van der Waals surface area contributed by atoms with E-state index < -0.39 is 0 Å². The van der Waals surface area contributed by atoms with E-state index in [1.807, 2.05) is 0 Å². The molecule has 0 nitrogen and oxygen atoms in total. The molecule has 2 saturated carbocycles. The second-order valence-corrected chi connectivity index (χ2v) is 5.40. The lowest BCUT2D eigenvalue weighted by atomic mass is 9.76. The van der Waals surface area contributed by atoms with Crippen LogP contribution in [0.4, 0.5) is 0 Å². The highest BCUT2D eigenvalue weighted by Gasteiger charge is 2.46. The molecule has 0 radical (unpaired) electrons. The van der Waals surface area contributed by atoms with Crippen LogP contribution in [0, 0.1) is 29.6 Å². The van der Waals surface area contributed by atoms with Crippen LogP contribution in [0.25, 0.3) is 0 Å². The van der Waals surface area contributed by atoms with Gasteiger partial charge in [-0.1, -0.05) is 44.1 Å². The van der Waals surface area contributed by atoms with Crippen LogP contribution in [-0.2, 0) is 0 Å². The van der Waals surface area contributed by atoms with Crippen LogP contribution in [0.1, 0.15) is 32.6 Å². The van der Waals surface area contributed by atoms with Gasteiger partial charge < -0.3 is 0 Å². The number of hydrogen-bond acceptors (Lipinski definition) is 0. The van der Waals surface area contributed by atoms with Gasteiger partial charge >= 0.3 is 0 Å². The molecule has 0 spiro atoms. The largest absolute Gasteiger partial charge is 0.0806 e. The van der Waals surface area contributed by atoms with Crippen molar-refractivity contribution in [2.45, 2.75) is 32.6 Å². The normalized spacial score (nSPS) is 50.2.